The molecule has 0 aromatic heterocycles. The Labute approximate surface area is 118 Å². The second-order valence-electron chi connectivity index (χ2n) is 4.97. The maximum absolute atomic E-state index is 12.3. The van der Waals surface area contributed by atoms with Crippen LogP contribution in [-0.4, -0.2) is 34.0 Å². The van der Waals surface area contributed by atoms with Crippen molar-refractivity contribution in [2.75, 3.05) is 13.1 Å². The Bertz CT molecular complexity index is 508. The first-order valence-electron chi connectivity index (χ1n) is 6.37. The lowest BCUT2D eigenvalue weighted by Crippen LogP contribution is -2.41. The fourth-order valence-corrected chi connectivity index (χ4v) is 2.57. The summed E-state index contributed by atoms with van der Waals surface area (Å²) in [6.45, 7) is 3.15. The second kappa shape index (κ2) is 5.57. The Morgan fingerprint density at radius 2 is 2.05 bits per heavy atom. The SMILES string of the molecule is Cc1cc(C(=O)N2CCC(C(N)=S)CC2)ccc1O. The summed E-state index contributed by atoms with van der Waals surface area (Å²) >= 11 is 4.99. The number of hydrogen-bond acceptors (Lipinski definition) is 3. The summed E-state index contributed by atoms with van der Waals surface area (Å²) in [6, 6.07) is 4.94. The maximum Gasteiger partial charge on any atom is 0.253 e. The zero-order valence-electron chi connectivity index (χ0n) is 10.9. The molecule has 1 aromatic rings. The number of aryl methyl sites for hydroxylation is 1. The first kappa shape index (κ1) is 13.8. The van der Waals surface area contributed by atoms with Crippen molar-refractivity contribution >= 4 is 23.1 Å². The summed E-state index contributed by atoms with van der Waals surface area (Å²) in [4.78, 5) is 14.7. The highest BCUT2D eigenvalue weighted by atomic mass is 32.1. The van der Waals surface area contributed by atoms with Gasteiger partial charge in [-0.3, -0.25) is 4.79 Å². The number of hydrogen-bond donors (Lipinski definition) is 2. The van der Waals surface area contributed by atoms with E-state index >= 15 is 0 Å². The highest BCUT2D eigenvalue weighted by molar-refractivity contribution is 7.80. The van der Waals surface area contributed by atoms with Gasteiger partial charge in [-0.25, -0.2) is 0 Å². The van der Waals surface area contributed by atoms with Crippen LogP contribution in [0, 0.1) is 12.8 Å². The monoisotopic (exact) mass is 278 g/mol. The average Bonchev–Trinajstić information content (AvgIpc) is 2.41. The fraction of sp³-hybridized carbons (Fsp3) is 0.429. The van der Waals surface area contributed by atoms with E-state index in [1.807, 2.05) is 4.90 Å². The number of aromatic hydroxyl groups is 1. The van der Waals surface area contributed by atoms with Gasteiger partial charge in [0.25, 0.3) is 5.91 Å². The summed E-state index contributed by atoms with van der Waals surface area (Å²) in [6.07, 6.45) is 1.66. The Morgan fingerprint density at radius 1 is 1.42 bits per heavy atom. The van der Waals surface area contributed by atoms with Gasteiger partial charge in [-0.2, -0.15) is 0 Å². The van der Waals surface area contributed by atoms with Crippen LogP contribution in [0.1, 0.15) is 28.8 Å². The van der Waals surface area contributed by atoms with Crippen molar-refractivity contribution in [1.82, 2.24) is 4.90 Å². The first-order valence-corrected chi connectivity index (χ1v) is 6.78. The lowest BCUT2D eigenvalue weighted by molar-refractivity contribution is 0.0710. The first-order chi connectivity index (χ1) is 8.99. The lowest BCUT2D eigenvalue weighted by Gasteiger charge is -2.31. The van der Waals surface area contributed by atoms with Gasteiger partial charge in [-0.05, 0) is 43.5 Å². The van der Waals surface area contributed by atoms with Crippen LogP contribution in [0.3, 0.4) is 0 Å². The third-order valence-electron chi connectivity index (χ3n) is 3.63. The number of carbonyl (C=O) groups is 1. The molecule has 0 aliphatic carbocycles. The molecule has 4 nitrogen and oxygen atoms in total. The molecule has 1 fully saturated rings. The number of nitrogens with two attached hydrogens (primary N) is 1. The number of benzene rings is 1. The lowest BCUT2D eigenvalue weighted by atomic mass is 9.96. The number of carbonyl (C=O) groups excluding carboxylic acids is 1. The van der Waals surface area contributed by atoms with Crippen LogP contribution in [-0.2, 0) is 0 Å². The van der Waals surface area contributed by atoms with E-state index in [2.05, 4.69) is 0 Å². The Kier molecular flexibility index (Phi) is 4.04. The standard InChI is InChI=1S/C14H18N2O2S/c1-9-8-11(2-3-12(9)17)14(18)16-6-4-10(5-7-16)13(15)19/h2-3,8,10,17H,4-7H2,1H3,(H2,15,19). The molecule has 1 aliphatic heterocycles. The van der Waals surface area contributed by atoms with Crippen molar-refractivity contribution < 1.29 is 9.90 Å². The van der Waals surface area contributed by atoms with Gasteiger partial charge in [0, 0.05) is 24.6 Å². The minimum Gasteiger partial charge on any atom is -0.508 e. The van der Waals surface area contributed by atoms with Crippen molar-refractivity contribution in [2.24, 2.45) is 11.7 Å². The molecule has 19 heavy (non-hydrogen) atoms. The van der Waals surface area contributed by atoms with Gasteiger partial charge >= 0.3 is 0 Å². The number of amides is 1. The minimum atomic E-state index is 0.00416. The van der Waals surface area contributed by atoms with Crippen LogP contribution >= 0.6 is 12.2 Å². The van der Waals surface area contributed by atoms with Crippen LogP contribution in [0.5, 0.6) is 5.75 Å². The minimum absolute atomic E-state index is 0.00416. The molecule has 1 saturated heterocycles. The Hall–Kier alpha value is -1.62. The number of phenols is 1. The fourth-order valence-electron chi connectivity index (χ4n) is 2.34. The van der Waals surface area contributed by atoms with E-state index in [0.717, 1.165) is 12.8 Å². The van der Waals surface area contributed by atoms with Gasteiger partial charge < -0.3 is 15.7 Å². The smallest absolute Gasteiger partial charge is 0.253 e. The van der Waals surface area contributed by atoms with E-state index in [1.54, 1.807) is 25.1 Å². The molecule has 0 bridgehead atoms. The molecule has 0 spiro atoms. The van der Waals surface area contributed by atoms with Crippen LogP contribution < -0.4 is 5.73 Å². The third kappa shape index (κ3) is 3.04. The summed E-state index contributed by atoms with van der Waals surface area (Å²) in [5.41, 5.74) is 6.96. The normalized spacial score (nSPS) is 16.4. The zero-order valence-corrected chi connectivity index (χ0v) is 11.7. The van der Waals surface area contributed by atoms with Crippen molar-refractivity contribution in [1.29, 1.82) is 0 Å². The molecular weight excluding hydrogens is 260 g/mol. The van der Waals surface area contributed by atoms with Crippen LogP contribution in [0.15, 0.2) is 18.2 Å². The molecule has 1 amide bonds. The molecule has 0 atom stereocenters. The third-order valence-corrected chi connectivity index (χ3v) is 3.96. The molecule has 5 heteroatoms. The second-order valence-corrected chi connectivity index (χ2v) is 5.44. The van der Waals surface area contributed by atoms with Crippen molar-refractivity contribution in [3.8, 4) is 5.75 Å². The van der Waals surface area contributed by atoms with Crippen LogP contribution in [0.2, 0.25) is 0 Å². The summed E-state index contributed by atoms with van der Waals surface area (Å²) in [5.74, 6) is 0.467. The van der Waals surface area contributed by atoms with Crippen molar-refractivity contribution in [2.45, 2.75) is 19.8 Å². The number of piperidine rings is 1. The zero-order chi connectivity index (χ0) is 14.0. The van der Waals surface area contributed by atoms with E-state index in [1.165, 1.54) is 0 Å². The van der Waals surface area contributed by atoms with Gasteiger partial charge in [0.15, 0.2) is 0 Å². The van der Waals surface area contributed by atoms with E-state index in [9.17, 15) is 9.90 Å². The predicted molar refractivity (Wildman–Crippen MR) is 78.3 cm³/mol. The molecule has 1 heterocycles. The molecule has 2 rings (SSSR count). The van der Waals surface area contributed by atoms with Crippen molar-refractivity contribution in [3.05, 3.63) is 29.3 Å². The maximum atomic E-state index is 12.3. The Balaban J connectivity index is 2.05. The quantitative estimate of drug-likeness (QED) is 0.810. The molecular formula is C14H18N2O2S. The molecule has 3 N–H and O–H groups in total. The predicted octanol–water partition coefficient (Wildman–Crippen LogP) is 1.84. The molecule has 0 saturated carbocycles. The molecule has 1 aromatic carbocycles. The van der Waals surface area contributed by atoms with Gasteiger partial charge in [0.2, 0.25) is 0 Å². The number of thiocarbonyl (C=S) groups is 1. The number of nitrogens with zero attached hydrogens (tertiary/aromatic N) is 1. The highest BCUT2D eigenvalue weighted by Gasteiger charge is 2.25. The molecule has 102 valence electrons. The molecule has 0 unspecified atom stereocenters. The Morgan fingerprint density at radius 3 is 2.58 bits per heavy atom. The van der Waals surface area contributed by atoms with Crippen LogP contribution in [0.25, 0.3) is 0 Å². The van der Waals surface area contributed by atoms with Gasteiger partial charge in [-0.15, -0.1) is 0 Å². The number of phenolic OH excluding ortho intramolecular Hbond substituents is 1. The number of rotatable bonds is 2. The topological polar surface area (TPSA) is 66.6 Å². The molecule has 0 radical (unpaired) electrons. The summed E-state index contributed by atoms with van der Waals surface area (Å²) in [7, 11) is 0. The van der Waals surface area contributed by atoms with Gasteiger partial charge in [0.05, 0.1) is 4.99 Å². The van der Waals surface area contributed by atoms with Gasteiger partial charge in [0.1, 0.15) is 5.75 Å². The summed E-state index contributed by atoms with van der Waals surface area (Å²) < 4.78 is 0. The van der Waals surface area contributed by atoms with Gasteiger partial charge in [-0.1, -0.05) is 12.2 Å². The number of likely N-dealkylation sites (tertiary alicyclic amines) is 1. The average molecular weight is 278 g/mol. The summed E-state index contributed by atoms with van der Waals surface area (Å²) in [5, 5.41) is 9.48. The van der Waals surface area contributed by atoms with E-state index in [4.69, 9.17) is 18.0 Å². The largest absolute Gasteiger partial charge is 0.508 e. The highest BCUT2D eigenvalue weighted by Crippen LogP contribution is 2.22. The van der Waals surface area contributed by atoms with E-state index in [0.29, 0.717) is 29.2 Å². The van der Waals surface area contributed by atoms with E-state index < -0.39 is 0 Å². The van der Waals surface area contributed by atoms with Crippen molar-refractivity contribution in [3.63, 3.8) is 0 Å². The van der Waals surface area contributed by atoms with Crippen LogP contribution in [0.4, 0.5) is 0 Å². The molecule has 1 aliphatic rings. The van der Waals surface area contributed by atoms with E-state index in [-0.39, 0.29) is 17.6 Å².